The van der Waals surface area contributed by atoms with Crippen molar-refractivity contribution in [2.75, 3.05) is 6.61 Å². The highest BCUT2D eigenvalue weighted by molar-refractivity contribution is 5.81. The Bertz CT molecular complexity index is 362. The fourth-order valence-corrected chi connectivity index (χ4v) is 1.94. The molecule has 0 aliphatic heterocycles. The molecule has 0 saturated carbocycles. The van der Waals surface area contributed by atoms with Gasteiger partial charge in [-0.15, -0.1) is 0 Å². The molecule has 0 N–H and O–H groups in total. The van der Waals surface area contributed by atoms with Gasteiger partial charge in [-0.05, 0) is 11.0 Å². The van der Waals surface area contributed by atoms with Gasteiger partial charge in [-0.2, -0.15) is 0 Å². The summed E-state index contributed by atoms with van der Waals surface area (Å²) >= 11 is 0. The highest BCUT2D eigenvalue weighted by Gasteiger charge is 2.30. The van der Waals surface area contributed by atoms with E-state index in [1.54, 1.807) is 0 Å². The molecule has 0 saturated heterocycles. The predicted octanol–water partition coefficient (Wildman–Crippen LogP) is 3.84. The van der Waals surface area contributed by atoms with Gasteiger partial charge in [-0.1, -0.05) is 58.0 Å². The topological polar surface area (TPSA) is 26.3 Å². The van der Waals surface area contributed by atoms with E-state index in [2.05, 4.69) is 20.8 Å². The normalized spacial score (nSPS) is 13.3. The number of ketones is 1. The number of carbonyl (C=O) groups excluding carboxylic acids is 1. The quantitative estimate of drug-likeness (QED) is 0.764. The van der Waals surface area contributed by atoms with Gasteiger partial charge >= 0.3 is 0 Å². The van der Waals surface area contributed by atoms with Crippen LogP contribution in [-0.4, -0.2) is 12.4 Å². The minimum atomic E-state index is -0.0379. The van der Waals surface area contributed by atoms with Crippen LogP contribution in [0.1, 0.15) is 39.7 Å². The molecule has 0 fully saturated rings. The Kier molecular flexibility index (Phi) is 5.54. The second-order valence-electron chi connectivity index (χ2n) is 5.74. The van der Waals surface area contributed by atoms with Crippen LogP contribution in [-0.2, 0) is 16.1 Å². The Hall–Kier alpha value is -1.15. The molecular formula is C16H24O2. The highest BCUT2D eigenvalue weighted by Crippen LogP contribution is 2.28. The summed E-state index contributed by atoms with van der Waals surface area (Å²) in [6, 6.07) is 10.1. The summed E-state index contributed by atoms with van der Waals surface area (Å²) in [4.78, 5) is 11.9. The first kappa shape index (κ1) is 14.9. The van der Waals surface area contributed by atoms with Crippen molar-refractivity contribution in [3.05, 3.63) is 35.9 Å². The van der Waals surface area contributed by atoms with Crippen molar-refractivity contribution in [1.29, 1.82) is 0 Å². The van der Waals surface area contributed by atoms with Crippen molar-refractivity contribution < 1.29 is 9.53 Å². The fourth-order valence-electron chi connectivity index (χ4n) is 1.94. The molecule has 2 heteroatoms. The number of hydrogen-bond donors (Lipinski definition) is 0. The summed E-state index contributed by atoms with van der Waals surface area (Å²) in [7, 11) is 0. The molecule has 1 aromatic rings. The molecular weight excluding hydrogens is 224 g/mol. The van der Waals surface area contributed by atoms with Gasteiger partial charge in [0.1, 0.15) is 5.78 Å². The maximum atomic E-state index is 11.9. The van der Waals surface area contributed by atoms with E-state index in [0.717, 1.165) is 5.56 Å². The third kappa shape index (κ3) is 4.61. The molecule has 0 unspecified atom stereocenters. The molecule has 18 heavy (non-hydrogen) atoms. The number of carbonyl (C=O) groups is 1. The average Bonchev–Trinajstić information content (AvgIpc) is 2.33. The monoisotopic (exact) mass is 248 g/mol. The number of hydrogen-bond acceptors (Lipinski definition) is 2. The van der Waals surface area contributed by atoms with Gasteiger partial charge in [0, 0.05) is 12.3 Å². The van der Waals surface area contributed by atoms with E-state index in [9.17, 15) is 4.79 Å². The number of benzene rings is 1. The maximum absolute atomic E-state index is 11.9. The van der Waals surface area contributed by atoms with Crippen molar-refractivity contribution in [3.8, 4) is 0 Å². The second kappa shape index (κ2) is 6.69. The molecule has 0 spiro atoms. The lowest BCUT2D eigenvalue weighted by molar-refractivity contribution is -0.128. The van der Waals surface area contributed by atoms with Gasteiger partial charge in [-0.25, -0.2) is 0 Å². The van der Waals surface area contributed by atoms with Crippen molar-refractivity contribution in [3.63, 3.8) is 0 Å². The lowest BCUT2D eigenvalue weighted by Gasteiger charge is -2.29. The van der Waals surface area contributed by atoms with Crippen LogP contribution < -0.4 is 0 Å². The summed E-state index contributed by atoms with van der Waals surface area (Å²) in [6.07, 6.45) is 0.580. The Morgan fingerprint density at radius 1 is 1.22 bits per heavy atom. The zero-order valence-electron chi connectivity index (χ0n) is 11.9. The maximum Gasteiger partial charge on any atom is 0.138 e. The third-order valence-electron chi connectivity index (χ3n) is 3.18. The lowest BCUT2D eigenvalue weighted by Crippen LogP contribution is -2.32. The molecule has 2 nitrogen and oxygen atoms in total. The zero-order valence-corrected chi connectivity index (χ0v) is 11.9. The van der Waals surface area contributed by atoms with Gasteiger partial charge in [0.2, 0.25) is 0 Å². The van der Waals surface area contributed by atoms with Crippen LogP contribution in [0.25, 0.3) is 0 Å². The van der Waals surface area contributed by atoms with Gasteiger partial charge in [0.15, 0.2) is 0 Å². The van der Waals surface area contributed by atoms with Crippen molar-refractivity contribution in [2.24, 2.45) is 11.3 Å². The molecule has 1 atom stereocenters. The van der Waals surface area contributed by atoms with Crippen LogP contribution in [0.5, 0.6) is 0 Å². The highest BCUT2D eigenvalue weighted by atomic mass is 16.5. The molecule has 0 radical (unpaired) electrons. The van der Waals surface area contributed by atoms with Crippen LogP contribution >= 0.6 is 0 Å². The minimum absolute atomic E-state index is 0.0220. The summed E-state index contributed by atoms with van der Waals surface area (Å²) in [5.41, 5.74) is 1.11. The molecule has 100 valence electrons. The molecule has 0 bridgehead atoms. The van der Waals surface area contributed by atoms with Gasteiger partial charge in [0.25, 0.3) is 0 Å². The van der Waals surface area contributed by atoms with Crippen LogP contribution in [0.2, 0.25) is 0 Å². The molecule has 1 rings (SSSR count). The molecule has 0 aromatic heterocycles. The van der Waals surface area contributed by atoms with E-state index in [0.29, 0.717) is 19.6 Å². The summed E-state index contributed by atoms with van der Waals surface area (Å²) in [5, 5.41) is 0. The molecule has 0 aliphatic rings. The standard InChI is InChI=1S/C16H24O2/c1-5-15(17)14(16(2,3)4)12-18-11-13-9-7-6-8-10-13/h6-10,14H,5,11-12H2,1-4H3/t14-/m0/s1. The minimum Gasteiger partial charge on any atom is -0.376 e. The van der Waals surface area contributed by atoms with Crippen LogP contribution in [0.3, 0.4) is 0 Å². The van der Waals surface area contributed by atoms with Crippen LogP contribution in [0.15, 0.2) is 30.3 Å². The molecule has 0 amide bonds. The Morgan fingerprint density at radius 3 is 2.33 bits per heavy atom. The number of rotatable bonds is 6. The second-order valence-corrected chi connectivity index (χ2v) is 5.74. The number of ether oxygens (including phenoxy) is 1. The molecule has 0 heterocycles. The molecule has 0 aliphatic carbocycles. The van der Waals surface area contributed by atoms with Gasteiger partial charge < -0.3 is 4.74 Å². The largest absolute Gasteiger partial charge is 0.376 e. The van der Waals surface area contributed by atoms with Crippen molar-refractivity contribution in [2.45, 2.75) is 40.7 Å². The first-order chi connectivity index (χ1) is 8.45. The van der Waals surface area contributed by atoms with Gasteiger partial charge in [0.05, 0.1) is 13.2 Å². The summed E-state index contributed by atoms with van der Waals surface area (Å²) in [5.74, 6) is 0.266. The first-order valence-electron chi connectivity index (χ1n) is 6.59. The molecule has 1 aromatic carbocycles. The summed E-state index contributed by atoms with van der Waals surface area (Å²) in [6.45, 7) is 9.28. The van der Waals surface area contributed by atoms with Crippen molar-refractivity contribution in [1.82, 2.24) is 0 Å². The smallest absolute Gasteiger partial charge is 0.138 e. The van der Waals surface area contributed by atoms with Gasteiger partial charge in [-0.3, -0.25) is 4.79 Å². The van der Waals surface area contributed by atoms with Crippen LogP contribution in [0, 0.1) is 11.3 Å². The fraction of sp³-hybridized carbons (Fsp3) is 0.562. The Labute approximate surface area is 110 Å². The zero-order chi connectivity index (χ0) is 13.6. The van der Waals surface area contributed by atoms with E-state index in [1.807, 2.05) is 37.3 Å². The average molecular weight is 248 g/mol. The van der Waals surface area contributed by atoms with E-state index in [1.165, 1.54) is 0 Å². The van der Waals surface area contributed by atoms with Crippen molar-refractivity contribution >= 4 is 5.78 Å². The Balaban J connectivity index is 2.51. The number of Topliss-reactive ketones (excluding diaryl/α,β-unsaturated/α-hetero) is 1. The lowest BCUT2D eigenvalue weighted by atomic mass is 9.78. The van der Waals surface area contributed by atoms with E-state index < -0.39 is 0 Å². The first-order valence-corrected chi connectivity index (χ1v) is 6.59. The van der Waals surface area contributed by atoms with E-state index >= 15 is 0 Å². The third-order valence-corrected chi connectivity index (χ3v) is 3.18. The van der Waals surface area contributed by atoms with Crippen LogP contribution in [0.4, 0.5) is 0 Å². The van der Waals surface area contributed by atoms with E-state index in [4.69, 9.17) is 4.74 Å². The SMILES string of the molecule is CCC(=O)[C@H](COCc1ccccc1)C(C)(C)C. The predicted molar refractivity (Wildman–Crippen MR) is 74.3 cm³/mol. The Morgan fingerprint density at radius 2 is 1.83 bits per heavy atom. The van der Waals surface area contributed by atoms with E-state index in [-0.39, 0.29) is 17.1 Å². The summed E-state index contributed by atoms with van der Waals surface area (Å²) < 4.78 is 5.71.